The van der Waals surface area contributed by atoms with Crippen molar-refractivity contribution in [2.75, 3.05) is 11.4 Å². The van der Waals surface area contributed by atoms with E-state index in [0.29, 0.717) is 11.5 Å². The minimum Gasteiger partial charge on any atom is -0.338 e. The number of imidazole rings is 1. The summed E-state index contributed by atoms with van der Waals surface area (Å²) in [5.41, 5.74) is 1.38. The predicted molar refractivity (Wildman–Crippen MR) is 132 cm³/mol. The lowest BCUT2D eigenvalue weighted by Crippen LogP contribution is -2.32. The number of carbonyl (C=O) groups is 1. The number of nitrogens with zero attached hydrogens (tertiary/aromatic N) is 3. The molecular formula is C25H23ClN4O3S. The van der Waals surface area contributed by atoms with Gasteiger partial charge in [0.1, 0.15) is 11.9 Å². The molecule has 1 heterocycles. The second-order valence-corrected chi connectivity index (χ2v) is 10.0. The Morgan fingerprint density at radius 3 is 2.29 bits per heavy atom. The van der Waals surface area contributed by atoms with E-state index >= 15 is 0 Å². The molecule has 0 aliphatic heterocycles. The van der Waals surface area contributed by atoms with E-state index in [1.165, 1.54) is 29.6 Å². The first-order chi connectivity index (χ1) is 16.3. The van der Waals surface area contributed by atoms with Crippen LogP contribution in [0, 0.1) is 0 Å². The summed E-state index contributed by atoms with van der Waals surface area (Å²) in [5.74, 6) is 0.115. The Morgan fingerprint density at radius 2 is 1.68 bits per heavy atom. The molecule has 9 heteroatoms. The molecule has 0 saturated heterocycles. The first-order valence-corrected chi connectivity index (χ1v) is 12.3. The molecule has 0 radical (unpaired) electrons. The zero-order valence-corrected chi connectivity index (χ0v) is 20.2. The van der Waals surface area contributed by atoms with Crippen molar-refractivity contribution in [3.63, 3.8) is 0 Å². The Labute approximate surface area is 203 Å². The van der Waals surface area contributed by atoms with E-state index in [2.05, 4.69) is 10.3 Å². The lowest BCUT2D eigenvalue weighted by atomic mass is 10.1. The molecule has 4 rings (SSSR count). The fourth-order valence-corrected chi connectivity index (χ4v) is 5.01. The largest absolute Gasteiger partial charge is 0.338 e. The molecule has 0 unspecified atom stereocenters. The Kier molecular flexibility index (Phi) is 6.72. The van der Waals surface area contributed by atoms with Gasteiger partial charge in [0.2, 0.25) is 0 Å². The van der Waals surface area contributed by atoms with Gasteiger partial charge in [-0.25, -0.2) is 13.4 Å². The Balaban J connectivity index is 1.68. The highest BCUT2D eigenvalue weighted by atomic mass is 35.5. The zero-order valence-electron chi connectivity index (χ0n) is 18.6. The van der Waals surface area contributed by atoms with Crippen LogP contribution in [0.15, 0.2) is 96.2 Å². The van der Waals surface area contributed by atoms with Crippen LogP contribution >= 0.6 is 11.6 Å². The van der Waals surface area contributed by atoms with E-state index in [4.69, 9.17) is 11.6 Å². The van der Waals surface area contributed by atoms with Crippen molar-refractivity contribution in [2.45, 2.75) is 10.9 Å². The van der Waals surface area contributed by atoms with Crippen molar-refractivity contribution in [1.82, 2.24) is 14.9 Å². The van der Waals surface area contributed by atoms with E-state index < -0.39 is 22.0 Å². The van der Waals surface area contributed by atoms with Crippen LogP contribution in [0.2, 0.25) is 5.02 Å². The number of anilines is 1. The first-order valence-electron chi connectivity index (χ1n) is 10.5. The molecule has 34 heavy (non-hydrogen) atoms. The molecule has 1 atom stereocenters. The van der Waals surface area contributed by atoms with E-state index in [-0.39, 0.29) is 15.5 Å². The number of sulfonamides is 1. The van der Waals surface area contributed by atoms with Crippen LogP contribution in [-0.4, -0.2) is 30.9 Å². The monoisotopic (exact) mass is 494 g/mol. The number of aryl methyl sites for hydroxylation is 1. The third-order valence-electron chi connectivity index (χ3n) is 5.49. The second kappa shape index (κ2) is 9.70. The maximum absolute atomic E-state index is 13.3. The van der Waals surface area contributed by atoms with Gasteiger partial charge in [0, 0.05) is 26.5 Å². The maximum atomic E-state index is 13.3. The van der Waals surface area contributed by atoms with E-state index in [9.17, 15) is 13.2 Å². The van der Waals surface area contributed by atoms with Crippen LogP contribution in [-0.2, 0) is 17.1 Å². The van der Waals surface area contributed by atoms with Crippen LogP contribution in [0.1, 0.15) is 27.8 Å². The SMILES string of the molecule is CN(c1ccccc1)S(=O)(=O)c1ccc(Cl)c(C(=O)N[C@@H](c2ccccc2)c2nccn2C)c1. The minimum absolute atomic E-state index is 0.0401. The Bertz CT molecular complexity index is 1410. The molecule has 174 valence electrons. The van der Waals surface area contributed by atoms with E-state index in [1.807, 2.05) is 41.9 Å². The van der Waals surface area contributed by atoms with Gasteiger partial charge < -0.3 is 9.88 Å². The van der Waals surface area contributed by atoms with Gasteiger partial charge in [-0.3, -0.25) is 9.10 Å². The molecule has 4 aromatic rings. The van der Waals surface area contributed by atoms with Gasteiger partial charge >= 0.3 is 0 Å². The molecule has 3 aromatic carbocycles. The molecule has 0 aliphatic carbocycles. The summed E-state index contributed by atoms with van der Waals surface area (Å²) < 4.78 is 29.4. The fraction of sp³-hybridized carbons (Fsp3) is 0.120. The lowest BCUT2D eigenvalue weighted by molar-refractivity contribution is 0.0941. The van der Waals surface area contributed by atoms with Crippen LogP contribution < -0.4 is 9.62 Å². The number of amides is 1. The Morgan fingerprint density at radius 1 is 1.03 bits per heavy atom. The van der Waals surface area contributed by atoms with Crippen molar-refractivity contribution in [1.29, 1.82) is 0 Å². The number of hydrogen-bond acceptors (Lipinski definition) is 4. The summed E-state index contributed by atoms with van der Waals surface area (Å²) in [6, 6.07) is 21.6. The summed E-state index contributed by atoms with van der Waals surface area (Å²) in [4.78, 5) is 17.7. The average Bonchev–Trinajstić information content (AvgIpc) is 3.28. The van der Waals surface area contributed by atoms with Crippen molar-refractivity contribution in [3.8, 4) is 0 Å². The molecule has 0 bridgehead atoms. The van der Waals surface area contributed by atoms with Crippen molar-refractivity contribution in [3.05, 3.63) is 113 Å². The van der Waals surface area contributed by atoms with Crippen molar-refractivity contribution < 1.29 is 13.2 Å². The quantitative estimate of drug-likeness (QED) is 0.412. The predicted octanol–water partition coefficient (Wildman–Crippen LogP) is 4.42. The van der Waals surface area contributed by atoms with Gasteiger partial charge in [0.15, 0.2) is 0 Å². The number of halogens is 1. The zero-order chi connectivity index (χ0) is 24.3. The number of nitrogens with one attached hydrogen (secondary N) is 1. The van der Waals surface area contributed by atoms with Gasteiger partial charge in [-0.05, 0) is 35.9 Å². The standard InChI is InChI=1S/C25H23ClN4O3S/c1-29-16-15-27-24(29)23(18-9-5-3-6-10-18)28-25(31)21-17-20(13-14-22(21)26)34(32,33)30(2)19-11-7-4-8-12-19/h3-17,23H,1-2H3,(H,28,31)/t23-/m0/s1. The van der Waals surface area contributed by atoms with E-state index in [0.717, 1.165) is 5.56 Å². The van der Waals surface area contributed by atoms with Crippen LogP contribution in [0.4, 0.5) is 5.69 Å². The van der Waals surface area contributed by atoms with Gasteiger partial charge in [0.05, 0.1) is 21.2 Å². The summed E-state index contributed by atoms with van der Waals surface area (Å²) in [5, 5.41) is 3.10. The summed E-state index contributed by atoms with van der Waals surface area (Å²) in [7, 11) is -0.616. The molecular weight excluding hydrogens is 472 g/mol. The van der Waals surface area contributed by atoms with E-state index in [1.54, 1.807) is 42.7 Å². The first kappa shape index (κ1) is 23.5. The molecule has 0 aliphatic rings. The minimum atomic E-state index is -3.92. The fourth-order valence-electron chi connectivity index (χ4n) is 3.58. The number of aromatic nitrogens is 2. The van der Waals surface area contributed by atoms with Gasteiger partial charge in [-0.15, -0.1) is 0 Å². The van der Waals surface area contributed by atoms with Crippen molar-refractivity contribution >= 4 is 33.2 Å². The third-order valence-corrected chi connectivity index (χ3v) is 7.60. The molecule has 1 N–H and O–H groups in total. The lowest BCUT2D eigenvalue weighted by Gasteiger charge is -2.21. The summed E-state index contributed by atoms with van der Waals surface area (Å²) in [6.45, 7) is 0. The highest BCUT2D eigenvalue weighted by Crippen LogP contribution is 2.27. The average molecular weight is 495 g/mol. The van der Waals surface area contributed by atoms with Crippen molar-refractivity contribution in [2.24, 2.45) is 7.05 Å². The number of para-hydroxylation sites is 1. The highest BCUT2D eigenvalue weighted by Gasteiger charge is 2.26. The Hall–Kier alpha value is -3.62. The smallest absolute Gasteiger partial charge is 0.264 e. The molecule has 1 aromatic heterocycles. The molecule has 0 spiro atoms. The maximum Gasteiger partial charge on any atom is 0.264 e. The van der Waals surface area contributed by atoms with Gasteiger partial charge in [0.25, 0.3) is 15.9 Å². The third kappa shape index (κ3) is 4.69. The number of benzene rings is 3. The molecule has 0 fully saturated rings. The second-order valence-electron chi connectivity index (χ2n) is 7.66. The summed E-state index contributed by atoms with van der Waals surface area (Å²) >= 11 is 6.33. The highest BCUT2D eigenvalue weighted by molar-refractivity contribution is 7.92. The molecule has 7 nitrogen and oxygen atoms in total. The van der Waals surface area contributed by atoms with Crippen LogP contribution in [0.3, 0.4) is 0 Å². The van der Waals surface area contributed by atoms with Gasteiger partial charge in [-0.1, -0.05) is 60.1 Å². The molecule has 0 saturated carbocycles. The number of carbonyl (C=O) groups excluding carboxylic acids is 1. The topological polar surface area (TPSA) is 84.3 Å². The summed E-state index contributed by atoms with van der Waals surface area (Å²) in [6.07, 6.45) is 3.44. The number of rotatable bonds is 7. The van der Waals surface area contributed by atoms with Gasteiger partial charge in [-0.2, -0.15) is 0 Å². The number of hydrogen-bond donors (Lipinski definition) is 1. The van der Waals surface area contributed by atoms with Crippen LogP contribution in [0.5, 0.6) is 0 Å². The van der Waals surface area contributed by atoms with Crippen LogP contribution in [0.25, 0.3) is 0 Å². The molecule has 1 amide bonds. The normalized spacial score (nSPS) is 12.2.